The van der Waals surface area contributed by atoms with Gasteiger partial charge in [0, 0.05) is 26.2 Å². The van der Waals surface area contributed by atoms with Crippen molar-refractivity contribution >= 4 is 28.6 Å². The second-order valence-corrected chi connectivity index (χ2v) is 8.07. The van der Waals surface area contributed by atoms with Gasteiger partial charge in [0.25, 0.3) is 5.56 Å². The molecule has 0 spiro atoms. The van der Waals surface area contributed by atoms with Crippen molar-refractivity contribution in [2.45, 2.75) is 5.16 Å². The fraction of sp³-hybridized carbons (Fsp3) is 0.318. The summed E-state index contributed by atoms with van der Waals surface area (Å²) >= 11 is 1.15. The van der Waals surface area contributed by atoms with E-state index >= 15 is 0 Å². The fourth-order valence-electron chi connectivity index (χ4n) is 3.41. The quantitative estimate of drug-likeness (QED) is 0.446. The van der Waals surface area contributed by atoms with Gasteiger partial charge in [-0.15, -0.1) is 0 Å². The lowest BCUT2D eigenvalue weighted by molar-refractivity contribution is -0.118. The van der Waals surface area contributed by atoms with Crippen LogP contribution in [0.25, 0.3) is 16.6 Å². The fourth-order valence-corrected chi connectivity index (χ4v) is 4.25. The zero-order chi connectivity index (χ0) is 21.6. The van der Waals surface area contributed by atoms with Crippen LogP contribution in [0.2, 0.25) is 0 Å². The number of rotatable bonds is 7. The minimum atomic E-state index is -0.450. The number of carbonyl (C=O) groups excluding carboxylic acids is 1. The third kappa shape index (κ3) is 5.30. The zero-order valence-electron chi connectivity index (χ0n) is 16.9. The summed E-state index contributed by atoms with van der Waals surface area (Å²) < 4.78 is 20.5. The Labute approximate surface area is 183 Å². The molecule has 0 unspecified atom stereocenters. The molecule has 1 amide bonds. The van der Waals surface area contributed by atoms with Crippen LogP contribution in [0.5, 0.6) is 0 Å². The van der Waals surface area contributed by atoms with Gasteiger partial charge in [-0.25, -0.2) is 9.37 Å². The number of ether oxygens (including phenoxy) is 1. The molecule has 0 bridgehead atoms. The summed E-state index contributed by atoms with van der Waals surface area (Å²) in [6.45, 7) is 4.48. The van der Waals surface area contributed by atoms with E-state index in [0.29, 0.717) is 28.3 Å². The first kappa shape index (κ1) is 21.5. The normalized spacial score (nSPS) is 14.6. The number of carbonyl (C=O) groups is 1. The zero-order valence-corrected chi connectivity index (χ0v) is 17.7. The molecule has 2 aromatic carbocycles. The Balaban J connectivity index is 1.50. The standard InChI is InChI=1S/C22H23FN4O3S/c23-16-4-3-5-17(14-16)27-21(29)18-6-1-2-7-19(18)25-22(27)31-15-20(28)24-8-9-26-10-12-30-13-11-26/h1-7,14H,8-13,15H2,(H,24,28). The van der Waals surface area contributed by atoms with Crippen LogP contribution in [0, 0.1) is 5.82 Å². The summed E-state index contributed by atoms with van der Waals surface area (Å²) in [5.74, 6) is -0.496. The van der Waals surface area contributed by atoms with E-state index in [2.05, 4.69) is 15.2 Å². The lowest BCUT2D eigenvalue weighted by Gasteiger charge is -2.26. The number of thioether (sulfide) groups is 1. The highest BCUT2D eigenvalue weighted by molar-refractivity contribution is 7.99. The van der Waals surface area contributed by atoms with E-state index in [1.807, 2.05) is 0 Å². The van der Waals surface area contributed by atoms with Crippen molar-refractivity contribution in [2.24, 2.45) is 0 Å². The van der Waals surface area contributed by atoms with Crippen molar-refractivity contribution in [3.63, 3.8) is 0 Å². The van der Waals surface area contributed by atoms with Crippen molar-refractivity contribution in [3.8, 4) is 5.69 Å². The van der Waals surface area contributed by atoms with E-state index in [1.165, 1.54) is 16.7 Å². The van der Waals surface area contributed by atoms with Crippen molar-refractivity contribution in [1.82, 2.24) is 19.8 Å². The molecule has 9 heteroatoms. The molecule has 0 atom stereocenters. The molecule has 1 fully saturated rings. The molecule has 0 saturated carbocycles. The van der Waals surface area contributed by atoms with Gasteiger partial charge in [0.05, 0.1) is 35.6 Å². The smallest absolute Gasteiger partial charge is 0.266 e. The number of nitrogens with zero attached hydrogens (tertiary/aromatic N) is 3. The maximum Gasteiger partial charge on any atom is 0.266 e. The molecule has 3 aromatic rings. The van der Waals surface area contributed by atoms with E-state index in [4.69, 9.17) is 4.74 Å². The maximum atomic E-state index is 13.8. The third-order valence-electron chi connectivity index (χ3n) is 5.00. The van der Waals surface area contributed by atoms with Crippen LogP contribution < -0.4 is 10.9 Å². The SMILES string of the molecule is O=C(CSc1nc2ccccc2c(=O)n1-c1cccc(F)c1)NCCN1CCOCC1. The molecule has 162 valence electrons. The molecule has 0 aliphatic carbocycles. The number of fused-ring (bicyclic) bond motifs is 1. The Hall–Kier alpha value is -2.75. The number of amides is 1. The monoisotopic (exact) mass is 442 g/mol. The van der Waals surface area contributed by atoms with Crippen molar-refractivity contribution in [3.05, 3.63) is 64.7 Å². The molecule has 7 nitrogen and oxygen atoms in total. The molecule has 1 aliphatic rings. The largest absolute Gasteiger partial charge is 0.379 e. The van der Waals surface area contributed by atoms with Gasteiger partial charge in [-0.05, 0) is 30.3 Å². The van der Waals surface area contributed by atoms with Crippen LogP contribution in [-0.4, -0.2) is 65.5 Å². The molecular formula is C22H23FN4O3S. The van der Waals surface area contributed by atoms with Crippen LogP contribution in [0.15, 0.2) is 58.5 Å². The van der Waals surface area contributed by atoms with Gasteiger partial charge in [0.15, 0.2) is 5.16 Å². The number of hydrogen-bond donors (Lipinski definition) is 1. The highest BCUT2D eigenvalue weighted by atomic mass is 32.2. The number of nitrogens with one attached hydrogen (secondary N) is 1. The number of benzene rings is 2. The van der Waals surface area contributed by atoms with Crippen LogP contribution >= 0.6 is 11.8 Å². The van der Waals surface area contributed by atoms with Gasteiger partial charge < -0.3 is 10.1 Å². The van der Waals surface area contributed by atoms with E-state index < -0.39 is 5.82 Å². The maximum absolute atomic E-state index is 13.8. The van der Waals surface area contributed by atoms with E-state index in [0.717, 1.165) is 44.6 Å². The Kier molecular flexibility index (Phi) is 6.96. The topological polar surface area (TPSA) is 76.5 Å². The van der Waals surface area contributed by atoms with Gasteiger partial charge in [0.2, 0.25) is 5.91 Å². The number of morpholine rings is 1. The number of aromatic nitrogens is 2. The van der Waals surface area contributed by atoms with E-state index in [1.54, 1.807) is 36.4 Å². The lowest BCUT2D eigenvalue weighted by atomic mass is 10.2. The molecule has 31 heavy (non-hydrogen) atoms. The van der Waals surface area contributed by atoms with Crippen molar-refractivity contribution in [1.29, 1.82) is 0 Å². The predicted molar refractivity (Wildman–Crippen MR) is 118 cm³/mol. The first-order valence-electron chi connectivity index (χ1n) is 10.1. The Morgan fingerprint density at radius 2 is 1.97 bits per heavy atom. The predicted octanol–water partition coefficient (Wildman–Crippen LogP) is 2.07. The second kappa shape index (κ2) is 10.0. The number of halogens is 1. The van der Waals surface area contributed by atoms with Crippen molar-refractivity contribution < 1.29 is 13.9 Å². The minimum Gasteiger partial charge on any atom is -0.379 e. The van der Waals surface area contributed by atoms with Crippen LogP contribution in [0.1, 0.15) is 0 Å². The van der Waals surface area contributed by atoms with Crippen LogP contribution in [-0.2, 0) is 9.53 Å². The third-order valence-corrected chi connectivity index (χ3v) is 5.94. The molecule has 0 radical (unpaired) electrons. The van der Waals surface area contributed by atoms with E-state index in [9.17, 15) is 14.0 Å². The van der Waals surface area contributed by atoms with E-state index in [-0.39, 0.29) is 17.2 Å². The lowest BCUT2D eigenvalue weighted by Crippen LogP contribution is -2.41. The summed E-state index contributed by atoms with van der Waals surface area (Å²) in [5.41, 5.74) is 0.611. The van der Waals surface area contributed by atoms with Crippen molar-refractivity contribution in [2.75, 3.05) is 45.1 Å². The summed E-state index contributed by atoms with van der Waals surface area (Å²) in [7, 11) is 0. The average Bonchev–Trinajstić information content (AvgIpc) is 2.78. The average molecular weight is 443 g/mol. The Morgan fingerprint density at radius 1 is 1.16 bits per heavy atom. The first-order valence-corrected chi connectivity index (χ1v) is 11.1. The summed E-state index contributed by atoms with van der Waals surface area (Å²) in [6, 6.07) is 12.8. The van der Waals surface area contributed by atoms with Gasteiger partial charge in [-0.1, -0.05) is 30.0 Å². The highest BCUT2D eigenvalue weighted by Crippen LogP contribution is 2.21. The van der Waals surface area contributed by atoms with Gasteiger partial charge >= 0.3 is 0 Å². The molecule has 1 aromatic heterocycles. The van der Waals surface area contributed by atoms with Crippen LogP contribution in [0.3, 0.4) is 0 Å². The summed E-state index contributed by atoms with van der Waals surface area (Å²) in [5, 5.41) is 3.68. The molecule has 1 N–H and O–H groups in total. The number of hydrogen-bond acceptors (Lipinski definition) is 6. The Bertz CT molecular complexity index is 1130. The van der Waals surface area contributed by atoms with Gasteiger partial charge in [-0.3, -0.25) is 19.1 Å². The van der Waals surface area contributed by atoms with Gasteiger partial charge in [0.1, 0.15) is 5.82 Å². The molecule has 2 heterocycles. The summed E-state index contributed by atoms with van der Waals surface area (Å²) in [6.07, 6.45) is 0. The molecular weight excluding hydrogens is 419 g/mol. The van der Waals surface area contributed by atoms with Gasteiger partial charge in [-0.2, -0.15) is 0 Å². The second-order valence-electron chi connectivity index (χ2n) is 7.12. The minimum absolute atomic E-state index is 0.100. The highest BCUT2D eigenvalue weighted by Gasteiger charge is 2.15. The molecule has 1 saturated heterocycles. The Morgan fingerprint density at radius 3 is 2.77 bits per heavy atom. The summed E-state index contributed by atoms with van der Waals surface area (Å²) in [4.78, 5) is 32.3. The molecule has 1 aliphatic heterocycles. The molecule has 4 rings (SSSR count). The number of para-hydroxylation sites is 1. The van der Waals surface area contributed by atoms with Crippen LogP contribution in [0.4, 0.5) is 4.39 Å². The first-order chi connectivity index (χ1) is 15.1.